The van der Waals surface area contributed by atoms with Crippen molar-refractivity contribution in [2.24, 2.45) is 0 Å². The second-order valence-corrected chi connectivity index (χ2v) is 6.22. The van der Waals surface area contributed by atoms with Crippen molar-refractivity contribution < 1.29 is 4.39 Å². The maximum Gasteiger partial charge on any atom is 0.220 e. The van der Waals surface area contributed by atoms with Crippen molar-refractivity contribution in [2.75, 3.05) is 5.32 Å². The summed E-state index contributed by atoms with van der Waals surface area (Å²) in [5.41, 5.74) is 3.28. The number of nitrogens with one attached hydrogen (secondary N) is 2. The number of H-pyrrole nitrogens is 1. The van der Waals surface area contributed by atoms with Gasteiger partial charge in [0, 0.05) is 30.2 Å². The Labute approximate surface area is 149 Å². The van der Waals surface area contributed by atoms with Crippen LogP contribution in [0.5, 0.6) is 0 Å². The summed E-state index contributed by atoms with van der Waals surface area (Å²) in [6.07, 6.45) is 4.80. The van der Waals surface area contributed by atoms with Crippen LogP contribution in [0.3, 0.4) is 0 Å². The molecular weight excluding hydrogens is 331 g/mol. The number of rotatable bonds is 4. The zero-order valence-electron chi connectivity index (χ0n) is 14.4. The van der Waals surface area contributed by atoms with Crippen LogP contribution in [0, 0.1) is 5.95 Å². The Balaban J connectivity index is 1.86. The van der Waals surface area contributed by atoms with Crippen molar-refractivity contribution in [3.63, 3.8) is 0 Å². The van der Waals surface area contributed by atoms with E-state index in [1.54, 1.807) is 30.6 Å². The Morgan fingerprint density at radius 3 is 2.69 bits per heavy atom. The predicted octanol–water partition coefficient (Wildman–Crippen LogP) is 4.04. The number of anilines is 1. The van der Waals surface area contributed by atoms with Crippen LogP contribution in [0.15, 0.2) is 48.9 Å². The average molecular weight is 348 g/mol. The van der Waals surface area contributed by atoms with Crippen molar-refractivity contribution in [1.82, 2.24) is 25.1 Å². The van der Waals surface area contributed by atoms with Crippen molar-refractivity contribution in [3.05, 3.63) is 54.9 Å². The third-order valence-corrected chi connectivity index (χ3v) is 3.97. The number of aromatic amines is 1. The fourth-order valence-electron chi connectivity index (χ4n) is 2.86. The number of fused-ring (bicyclic) bond motifs is 1. The topological polar surface area (TPSA) is 79.4 Å². The molecule has 0 fully saturated rings. The largest absolute Gasteiger partial charge is 0.367 e. The van der Waals surface area contributed by atoms with E-state index in [0.29, 0.717) is 22.5 Å². The van der Waals surface area contributed by atoms with E-state index in [-0.39, 0.29) is 6.04 Å². The Morgan fingerprint density at radius 2 is 1.88 bits per heavy atom. The third kappa shape index (κ3) is 2.88. The molecule has 130 valence electrons. The minimum Gasteiger partial charge on any atom is -0.367 e. The molecule has 0 atom stereocenters. The Hall–Kier alpha value is -3.35. The van der Waals surface area contributed by atoms with E-state index in [2.05, 4.69) is 30.5 Å². The second-order valence-electron chi connectivity index (χ2n) is 6.22. The first kappa shape index (κ1) is 16.1. The molecule has 0 aliphatic heterocycles. The molecule has 0 unspecified atom stereocenters. The molecule has 6 nitrogen and oxygen atoms in total. The Morgan fingerprint density at radius 1 is 1.04 bits per heavy atom. The van der Waals surface area contributed by atoms with Gasteiger partial charge in [0.1, 0.15) is 11.5 Å². The van der Waals surface area contributed by atoms with Crippen LogP contribution >= 0.6 is 0 Å². The van der Waals surface area contributed by atoms with Gasteiger partial charge in [0.15, 0.2) is 0 Å². The summed E-state index contributed by atoms with van der Waals surface area (Å²) < 4.78 is 14.0. The predicted molar refractivity (Wildman–Crippen MR) is 99.1 cm³/mol. The van der Waals surface area contributed by atoms with Crippen LogP contribution in [0.25, 0.3) is 33.4 Å². The molecule has 2 N–H and O–H groups in total. The lowest BCUT2D eigenvalue weighted by Gasteiger charge is -2.10. The molecule has 0 radical (unpaired) electrons. The van der Waals surface area contributed by atoms with Crippen LogP contribution in [0.4, 0.5) is 10.2 Å². The summed E-state index contributed by atoms with van der Waals surface area (Å²) >= 11 is 0. The molecule has 4 rings (SSSR count). The molecule has 4 aromatic heterocycles. The molecule has 0 saturated heterocycles. The highest BCUT2D eigenvalue weighted by Crippen LogP contribution is 2.32. The smallest absolute Gasteiger partial charge is 0.220 e. The van der Waals surface area contributed by atoms with E-state index >= 15 is 0 Å². The van der Waals surface area contributed by atoms with E-state index in [4.69, 9.17) is 0 Å². The molecule has 7 heteroatoms. The van der Waals surface area contributed by atoms with Gasteiger partial charge in [-0.3, -0.25) is 10.1 Å². The third-order valence-electron chi connectivity index (χ3n) is 3.97. The monoisotopic (exact) mass is 348 g/mol. The number of halogens is 1. The van der Waals surface area contributed by atoms with Crippen molar-refractivity contribution in [3.8, 4) is 22.5 Å². The van der Waals surface area contributed by atoms with E-state index in [0.717, 1.165) is 16.7 Å². The number of aromatic nitrogens is 5. The SMILES string of the molecule is CC(C)Nc1nccc2[nH]nc(-c3cc(-c4cccnc4F)ccn3)c12. The fourth-order valence-corrected chi connectivity index (χ4v) is 2.86. The maximum absolute atomic E-state index is 14.0. The number of hydrogen-bond acceptors (Lipinski definition) is 5. The molecule has 4 heterocycles. The van der Waals surface area contributed by atoms with Crippen LogP contribution in [0.2, 0.25) is 0 Å². The van der Waals surface area contributed by atoms with Crippen LogP contribution in [0.1, 0.15) is 13.8 Å². The van der Waals surface area contributed by atoms with Gasteiger partial charge in [-0.15, -0.1) is 0 Å². The van der Waals surface area contributed by atoms with Crippen molar-refractivity contribution >= 4 is 16.7 Å². The number of nitrogens with zero attached hydrogens (tertiary/aromatic N) is 4. The first-order valence-corrected chi connectivity index (χ1v) is 8.30. The summed E-state index contributed by atoms with van der Waals surface area (Å²) in [7, 11) is 0. The van der Waals surface area contributed by atoms with E-state index in [9.17, 15) is 4.39 Å². The van der Waals surface area contributed by atoms with E-state index in [1.807, 2.05) is 26.0 Å². The van der Waals surface area contributed by atoms with Crippen LogP contribution in [-0.4, -0.2) is 31.2 Å². The molecule has 0 aliphatic carbocycles. The van der Waals surface area contributed by atoms with E-state index in [1.165, 1.54) is 6.20 Å². The van der Waals surface area contributed by atoms with Gasteiger partial charge in [-0.1, -0.05) is 0 Å². The highest BCUT2D eigenvalue weighted by atomic mass is 19.1. The minimum absolute atomic E-state index is 0.222. The lowest BCUT2D eigenvalue weighted by molar-refractivity contribution is 0.587. The lowest BCUT2D eigenvalue weighted by atomic mass is 10.1. The summed E-state index contributed by atoms with van der Waals surface area (Å²) in [6, 6.07) is 9.04. The zero-order valence-corrected chi connectivity index (χ0v) is 14.4. The van der Waals surface area contributed by atoms with Crippen LogP contribution in [-0.2, 0) is 0 Å². The second kappa shape index (κ2) is 6.51. The van der Waals surface area contributed by atoms with E-state index < -0.39 is 5.95 Å². The summed E-state index contributed by atoms with van der Waals surface area (Å²) in [5, 5.41) is 11.6. The molecular formula is C19H17FN6. The van der Waals surface area contributed by atoms with Gasteiger partial charge in [0.25, 0.3) is 0 Å². The first-order chi connectivity index (χ1) is 12.6. The van der Waals surface area contributed by atoms with Gasteiger partial charge in [-0.2, -0.15) is 9.49 Å². The Bertz CT molecular complexity index is 1070. The highest BCUT2D eigenvalue weighted by molar-refractivity contribution is 6.00. The molecule has 0 bridgehead atoms. The molecule has 4 aromatic rings. The number of pyridine rings is 3. The zero-order chi connectivity index (χ0) is 18.1. The number of hydrogen-bond donors (Lipinski definition) is 2. The first-order valence-electron chi connectivity index (χ1n) is 8.30. The van der Waals surface area contributed by atoms with Gasteiger partial charge < -0.3 is 5.32 Å². The normalized spacial score (nSPS) is 11.2. The average Bonchev–Trinajstić information content (AvgIpc) is 3.07. The highest BCUT2D eigenvalue weighted by Gasteiger charge is 2.16. The minimum atomic E-state index is -0.514. The van der Waals surface area contributed by atoms with Crippen LogP contribution < -0.4 is 5.32 Å². The summed E-state index contributed by atoms with van der Waals surface area (Å²) in [5.74, 6) is 0.223. The van der Waals surface area contributed by atoms with Gasteiger partial charge >= 0.3 is 0 Å². The van der Waals surface area contributed by atoms with Crippen molar-refractivity contribution in [2.45, 2.75) is 19.9 Å². The van der Waals surface area contributed by atoms with Gasteiger partial charge in [-0.25, -0.2) is 9.97 Å². The maximum atomic E-state index is 14.0. The molecule has 26 heavy (non-hydrogen) atoms. The molecule has 0 spiro atoms. The standard InChI is InChI=1S/C19H17FN6/c1-11(2)24-19-16-14(6-9-23-19)25-26-17(16)15-10-12(5-8-21-15)13-4-3-7-22-18(13)20/h3-11H,1-2H3,(H,23,24)(H,25,26). The quantitative estimate of drug-likeness (QED) is 0.544. The lowest BCUT2D eigenvalue weighted by Crippen LogP contribution is -2.11. The molecule has 0 aromatic carbocycles. The molecule has 0 aliphatic rings. The van der Waals surface area contributed by atoms with Gasteiger partial charge in [0.05, 0.1) is 16.6 Å². The summed E-state index contributed by atoms with van der Waals surface area (Å²) in [4.78, 5) is 12.6. The van der Waals surface area contributed by atoms with Crippen molar-refractivity contribution in [1.29, 1.82) is 0 Å². The van der Waals surface area contributed by atoms with Gasteiger partial charge in [-0.05, 0) is 49.7 Å². The molecule has 0 saturated carbocycles. The van der Waals surface area contributed by atoms with Gasteiger partial charge in [0.2, 0.25) is 5.95 Å². The summed E-state index contributed by atoms with van der Waals surface area (Å²) in [6.45, 7) is 4.09. The Kier molecular flexibility index (Phi) is 4.04. The fraction of sp³-hybridized carbons (Fsp3) is 0.158. The molecule has 0 amide bonds.